The number of carbonyl (C=O) groups is 1. The summed E-state index contributed by atoms with van der Waals surface area (Å²) < 4.78 is 57.2. The second-order valence-corrected chi connectivity index (χ2v) is 5.82. The first-order chi connectivity index (χ1) is 13.3. The number of alkyl halides is 3. The number of amides is 1. The lowest BCUT2D eigenvalue weighted by molar-refractivity contribution is -0.137. The van der Waals surface area contributed by atoms with Crippen LogP contribution >= 0.6 is 0 Å². The monoisotopic (exact) mass is 390 g/mol. The van der Waals surface area contributed by atoms with Crippen molar-refractivity contribution in [3.8, 4) is 11.6 Å². The molecule has 28 heavy (non-hydrogen) atoms. The van der Waals surface area contributed by atoms with Gasteiger partial charge in [0.15, 0.2) is 0 Å². The molecule has 0 radical (unpaired) electrons. The molecule has 0 atom stereocenters. The predicted molar refractivity (Wildman–Crippen MR) is 94.9 cm³/mol. The minimum Gasteiger partial charge on any atom is -0.438 e. The number of benzene rings is 2. The van der Waals surface area contributed by atoms with E-state index in [-0.39, 0.29) is 17.2 Å². The number of rotatable bonds is 4. The topological polar surface area (TPSA) is 42.4 Å². The van der Waals surface area contributed by atoms with Gasteiger partial charge in [-0.25, -0.2) is 9.37 Å². The minimum absolute atomic E-state index is 0.0479. The van der Waals surface area contributed by atoms with Crippen LogP contribution in [0.2, 0.25) is 0 Å². The van der Waals surface area contributed by atoms with Crippen LogP contribution in [-0.4, -0.2) is 17.9 Å². The summed E-state index contributed by atoms with van der Waals surface area (Å²) in [5.74, 6) is -1.20. The van der Waals surface area contributed by atoms with Gasteiger partial charge in [-0.3, -0.25) is 4.79 Å². The smallest absolute Gasteiger partial charge is 0.416 e. The highest BCUT2D eigenvalue weighted by Gasteiger charge is 2.31. The molecule has 144 valence electrons. The first kappa shape index (κ1) is 19.3. The van der Waals surface area contributed by atoms with E-state index in [1.807, 2.05) is 0 Å². The minimum atomic E-state index is -4.52. The van der Waals surface area contributed by atoms with Crippen LogP contribution in [0.4, 0.5) is 23.2 Å². The van der Waals surface area contributed by atoms with Gasteiger partial charge < -0.3 is 9.64 Å². The van der Waals surface area contributed by atoms with Gasteiger partial charge in [-0.2, -0.15) is 13.2 Å². The number of ether oxygens (including phenoxy) is 1. The van der Waals surface area contributed by atoms with Crippen molar-refractivity contribution in [2.45, 2.75) is 6.18 Å². The molecule has 4 nitrogen and oxygen atoms in total. The SMILES string of the molecule is CN(C(=O)c1cccnc1Oc1cccc(C(F)(F)F)c1)c1ccc(F)cc1. The highest BCUT2D eigenvalue weighted by molar-refractivity contribution is 6.07. The van der Waals surface area contributed by atoms with Gasteiger partial charge in [-0.1, -0.05) is 6.07 Å². The molecule has 1 aromatic heterocycles. The van der Waals surface area contributed by atoms with Crippen LogP contribution in [-0.2, 0) is 6.18 Å². The van der Waals surface area contributed by atoms with E-state index in [1.54, 1.807) is 0 Å². The zero-order valence-electron chi connectivity index (χ0n) is 14.6. The number of anilines is 1. The van der Waals surface area contributed by atoms with Crippen molar-refractivity contribution in [2.75, 3.05) is 11.9 Å². The number of pyridine rings is 1. The molecule has 0 N–H and O–H groups in total. The summed E-state index contributed by atoms with van der Waals surface area (Å²) in [5.41, 5.74) is -0.399. The molecule has 0 saturated carbocycles. The zero-order chi connectivity index (χ0) is 20.3. The molecular weight excluding hydrogens is 376 g/mol. The molecule has 0 bridgehead atoms. The highest BCUT2D eigenvalue weighted by Crippen LogP contribution is 2.33. The first-order valence-electron chi connectivity index (χ1n) is 8.09. The lowest BCUT2D eigenvalue weighted by Crippen LogP contribution is -2.26. The Morgan fingerprint density at radius 1 is 1.04 bits per heavy atom. The van der Waals surface area contributed by atoms with E-state index in [4.69, 9.17) is 4.74 Å². The van der Waals surface area contributed by atoms with Crippen molar-refractivity contribution < 1.29 is 27.1 Å². The van der Waals surface area contributed by atoms with Crippen LogP contribution in [0.15, 0.2) is 66.9 Å². The number of nitrogens with zero attached hydrogens (tertiary/aromatic N) is 2. The second kappa shape index (κ2) is 7.67. The van der Waals surface area contributed by atoms with E-state index in [0.29, 0.717) is 5.69 Å². The Morgan fingerprint density at radius 3 is 2.43 bits per heavy atom. The second-order valence-electron chi connectivity index (χ2n) is 5.82. The number of aromatic nitrogens is 1. The molecule has 1 heterocycles. The van der Waals surface area contributed by atoms with Gasteiger partial charge in [0.05, 0.1) is 5.56 Å². The molecule has 1 amide bonds. The molecule has 0 saturated heterocycles. The third-order valence-corrected chi connectivity index (χ3v) is 3.90. The summed E-state index contributed by atoms with van der Waals surface area (Å²) in [6.45, 7) is 0. The van der Waals surface area contributed by atoms with Crippen molar-refractivity contribution in [1.82, 2.24) is 4.98 Å². The Labute approximate surface area is 158 Å². The third-order valence-electron chi connectivity index (χ3n) is 3.90. The average Bonchev–Trinajstić information content (AvgIpc) is 2.67. The predicted octanol–water partition coefficient (Wildman–Crippen LogP) is 5.31. The van der Waals surface area contributed by atoms with Crippen LogP contribution in [0.5, 0.6) is 11.6 Å². The largest absolute Gasteiger partial charge is 0.438 e. The molecule has 3 aromatic rings. The molecular formula is C20H14F4N2O2. The molecule has 0 unspecified atom stereocenters. The Balaban J connectivity index is 1.89. The Hall–Kier alpha value is -3.42. The highest BCUT2D eigenvalue weighted by atomic mass is 19.4. The van der Waals surface area contributed by atoms with E-state index in [0.717, 1.165) is 12.1 Å². The molecule has 0 aliphatic heterocycles. The van der Waals surface area contributed by atoms with Crippen molar-refractivity contribution in [2.24, 2.45) is 0 Å². The van der Waals surface area contributed by atoms with E-state index in [1.165, 1.54) is 66.7 Å². The molecule has 0 aliphatic rings. The van der Waals surface area contributed by atoms with Crippen molar-refractivity contribution in [3.05, 3.63) is 83.8 Å². The first-order valence-corrected chi connectivity index (χ1v) is 8.09. The summed E-state index contributed by atoms with van der Waals surface area (Å²) >= 11 is 0. The molecule has 8 heteroatoms. The number of hydrogen-bond donors (Lipinski definition) is 0. The average molecular weight is 390 g/mol. The van der Waals surface area contributed by atoms with Crippen molar-refractivity contribution >= 4 is 11.6 Å². The van der Waals surface area contributed by atoms with Crippen LogP contribution in [0.3, 0.4) is 0 Å². The molecule has 0 aliphatic carbocycles. The van der Waals surface area contributed by atoms with Crippen molar-refractivity contribution in [1.29, 1.82) is 0 Å². The fraction of sp³-hybridized carbons (Fsp3) is 0.100. The van der Waals surface area contributed by atoms with Gasteiger partial charge in [0, 0.05) is 18.9 Å². The van der Waals surface area contributed by atoms with Gasteiger partial charge in [0.2, 0.25) is 5.88 Å². The standard InChI is InChI=1S/C20H14F4N2O2/c1-26(15-9-7-14(21)8-10-15)19(27)17-6-3-11-25-18(17)28-16-5-2-4-13(12-16)20(22,23)24/h2-12H,1H3. The Morgan fingerprint density at radius 2 is 1.75 bits per heavy atom. The maximum atomic E-state index is 13.1. The maximum absolute atomic E-state index is 13.1. The maximum Gasteiger partial charge on any atom is 0.416 e. The van der Waals surface area contributed by atoms with Crippen LogP contribution < -0.4 is 9.64 Å². The van der Waals surface area contributed by atoms with Crippen LogP contribution in [0.1, 0.15) is 15.9 Å². The van der Waals surface area contributed by atoms with Crippen molar-refractivity contribution in [3.63, 3.8) is 0 Å². The molecule has 3 rings (SSSR count). The van der Waals surface area contributed by atoms with E-state index in [2.05, 4.69) is 4.98 Å². The fourth-order valence-electron chi connectivity index (χ4n) is 2.45. The summed E-state index contributed by atoms with van der Waals surface area (Å²) in [6, 6.07) is 12.5. The Kier molecular flexibility index (Phi) is 5.30. The van der Waals surface area contributed by atoms with E-state index < -0.39 is 23.5 Å². The summed E-state index contributed by atoms with van der Waals surface area (Å²) in [4.78, 5) is 18.0. The summed E-state index contributed by atoms with van der Waals surface area (Å²) in [5, 5.41) is 0. The van der Waals surface area contributed by atoms with Gasteiger partial charge in [0.1, 0.15) is 17.1 Å². The van der Waals surface area contributed by atoms with E-state index >= 15 is 0 Å². The van der Waals surface area contributed by atoms with Crippen LogP contribution in [0.25, 0.3) is 0 Å². The number of carbonyl (C=O) groups excluding carboxylic acids is 1. The van der Waals surface area contributed by atoms with Gasteiger partial charge in [0.25, 0.3) is 5.91 Å². The summed E-state index contributed by atoms with van der Waals surface area (Å²) in [7, 11) is 1.48. The third kappa shape index (κ3) is 4.28. The van der Waals surface area contributed by atoms with Gasteiger partial charge in [-0.15, -0.1) is 0 Å². The Bertz CT molecular complexity index is 988. The fourth-order valence-corrected chi connectivity index (χ4v) is 2.45. The number of hydrogen-bond acceptors (Lipinski definition) is 3. The van der Waals surface area contributed by atoms with E-state index in [9.17, 15) is 22.4 Å². The van der Waals surface area contributed by atoms with Gasteiger partial charge in [-0.05, 0) is 54.6 Å². The lowest BCUT2D eigenvalue weighted by Gasteiger charge is -2.19. The molecule has 0 fully saturated rings. The lowest BCUT2D eigenvalue weighted by atomic mass is 10.2. The molecule has 0 spiro atoms. The molecule has 2 aromatic carbocycles. The number of halogens is 4. The van der Waals surface area contributed by atoms with Crippen LogP contribution in [0, 0.1) is 5.82 Å². The quantitative estimate of drug-likeness (QED) is 0.567. The summed E-state index contributed by atoms with van der Waals surface area (Å²) in [6.07, 6.45) is -3.16. The van der Waals surface area contributed by atoms with Gasteiger partial charge >= 0.3 is 6.18 Å². The normalized spacial score (nSPS) is 11.2. The zero-order valence-corrected chi connectivity index (χ0v) is 14.6.